The van der Waals surface area contributed by atoms with Crippen molar-refractivity contribution in [2.75, 3.05) is 7.11 Å². The van der Waals surface area contributed by atoms with Crippen molar-refractivity contribution >= 4 is 29.3 Å². The van der Waals surface area contributed by atoms with E-state index in [0.29, 0.717) is 0 Å². The number of hydrogen-bond acceptors (Lipinski definition) is 4. The lowest BCUT2D eigenvalue weighted by Crippen LogP contribution is -2.11. The van der Waals surface area contributed by atoms with E-state index < -0.39 is 28.1 Å². The van der Waals surface area contributed by atoms with Crippen LogP contribution in [0, 0.1) is 11.3 Å². The van der Waals surface area contributed by atoms with Gasteiger partial charge in [0.15, 0.2) is 0 Å². The van der Waals surface area contributed by atoms with Gasteiger partial charge in [0.2, 0.25) is 0 Å². The van der Waals surface area contributed by atoms with Crippen LogP contribution >= 0.6 is 23.4 Å². The molecule has 0 aromatic heterocycles. The fraction of sp³-hybridized carbons (Fsp3) is 0.273. The Morgan fingerprint density at radius 1 is 1.53 bits per heavy atom. The van der Waals surface area contributed by atoms with Gasteiger partial charge in [0.1, 0.15) is 6.07 Å². The van der Waals surface area contributed by atoms with Crippen LogP contribution in [-0.2, 0) is 10.6 Å². The molecule has 8 heteroatoms. The van der Waals surface area contributed by atoms with Gasteiger partial charge in [-0.05, 0) is 23.4 Å². The van der Waals surface area contributed by atoms with E-state index in [1.807, 2.05) is 0 Å². The van der Waals surface area contributed by atoms with Crippen LogP contribution in [0.5, 0.6) is 0 Å². The number of esters is 1. The molecule has 3 nitrogen and oxygen atoms in total. The van der Waals surface area contributed by atoms with E-state index in [2.05, 4.69) is 4.74 Å². The number of ether oxygens (including phenoxy) is 1. The Morgan fingerprint density at radius 2 is 2.16 bits per heavy atom. The Kier molecular flexibility index (Phi) is 5.09. The SMILES string of the molecule is COC(=O)c1c(CCl)ccc(C#N)c1SC(F)(F)F. The molecule has 0 amide bonds. The van der Waals surface area contributed by atoms with E-state index >= 15 is 0 Å². The van der Waals surface area contributed by atoms with Gasteiger partial charge < -0.3 is 4.74 Å². The normalized spacial score (nSPS) is 10.9. The molecular weight excluding hydrogens is 303 g/mol. The second kappa shape index (κ2) is 6.17. The molecule has 0 aliphatic heterocycles. The van der Waals surface area contributed by atoms with Gasteiger partial charge in [0.25, 0.3) is 0 Å². The lowest BCUT2D eigenvalue weighted by molar-refractivity contribution is -0.0328. The maximum Gasteiger partial charge on any atom is 0.446 e. The Morgan fingerprint density at radius 3 is 2.58 bits per heavy atom. The van der Waals surface area contributed by atoms with Gasteiger partial charge >= 0.3 is 11.5 Å². The number of rotatable bonds is 3. The Balaban J connectivity index is 3.53. The second-order valence-corrected chi connectivity index (χ2v) is 4.60. The molecule has 1 rings (SSSR count). The van der Waals surface area contributed by atoms with Gasteiger partial charge in [-0.15, -0.1) is 11.6 Å². The lowest BCUT2D eigenvalue weighted by atomic mass is 10.1. The number of nitrogens with zero attached hydrogens (tertiary/aromatic N) is 1. The summed E-state index contributed by atoms with van der Waals surface area (Å²) in [4.78, 5) is 11.1. The number of carbonyl (C=O) groups is 1. The van der Waals surface area contributed by atoms with E-state index in [4.69, 9.17) is 16.9 Å². The van der Waals surface area contributed by atoms with Gasteiger partial charge in [-0.1, -0.05) is 6.07 Å². The van der Waals surface area contributed by atoms with E-state index in [0.717, 1.165) is 7.11 Å². The maximum atomic E-state index is 12.5. The van der Waals surface area contributed by atoms with Crippen molar-refractivity contribution in [3.8, 4) is 6.07 Å². The zero-order valence-corrected chi connectivity index (χ0v) is 11.1. The number of nitriles is 1. The van der Waals surface area contributed by atoms with Crippen molar-refractivity contribution in [3.05, 3.63) is 28.8 Å². The summed E-state index contributed by atoms with van der Waals surface area (Å²) in [5.74, 6) is -1.12. The first kappa shape index (κ1) is 15.7. The fourth-order valence-corrected chi connectivity index (χ4v) is 2.36. The molecule has 0 atom stereocenters. The molecule has 0 saturated heterocycles. The molecular formula is C11H7ClF3NO2S. The third-order valence-corrected chi connectivity index (χ3v) is 3.26. The van der Waals surface area contributed by atoms with Crippen molar-refractivity contribution in [2.45, 2.75) is 16.3 Å². The van der Waals surface area contributed by atoms with Crippen LogP contribution in [0.2, 0.25) is 0 Å². The predicted molar refractivity (Wildman–Crippen MR) is 64.0 cm³/mol. The van der Waals surface area contributed by atoms with Crippen LogP contribution < -0.4 is 0 Å². The minimum absolute atomic E-state index is 0.165. The predicted octanol–water partition coefficient (Wildman–Crippen LogP) is 3.70. The summed E-state index contributed by atoms with van der Waals surface area (Å²) in [6.45, 7) is 0. The number of alkyl halides is 4. The summed E-state index contributed by atoms with van der Waals surface area (Å²) in [7, 11) is 1.04. The quantitative estimate of drug-likeness (QED) is 0.485. The van der Waals surface area contributed by atoms with Crippen LogP contribution in [0.15, 0.2) is 17.0 Å². The highest BCUT2D eigenvalue weighted by Gasteiger charge is 2.34. The summed E-state index contributed by atoms with van der Waals surface area (Å²) in [6, 6.07) is 4.14. The van der Waals surface area contributed by atoms with Crippen LogP contribution in [0.4, 0.5) is 13.2 Å². The zero-order valence-electron chi connectivity index (χ0n) is 9.55. The van der Waals surface area contributed by atoms with Crippen LogP contribution in [-0.4, -0.2) is 18.6 Å². The molecule has 1 aromatic carbocycles. The number of hydrogen-bond donors (Lipinski definition) is 0. The lowest BCUT2D eigenvalue weighted by Gasteiger charge is -2.14. The van der Waals surface area contributed by atoms with Crippen LogP contribution in [0.3, 0.4) is 0 Å². The number of halogens is 4. The second-order valence-electron chi connectivity index (χ2n) is 3.26. The molecule has 0 radical (unpaired) electrons. The highest BCUT2D eigenvalue weighted by atomic mass is 35.5. The summed E-state index contributed by atoms with van der Waals surface area (Å²) < 4.78 is 42.0. The smallest absolute Gasteiger partial charge is 0.446 e. The number of thioether (sulfide) groups is 1. The van der Waals surface area contributed by atoms with Crippen molar-refractivity contribution in [1.82, 2.24) is 0 Å². The third-order valence-electron chi connectivity index (χ3n) is 2.12. The molecule has 0 heterocycles. The standard InChI is InChI=1S/C11H7ClF3NO2S/c1-18-10(17)8-6(4-12)2-3-7(5-16)9(8)19-11(13,14)15/h2-3H,4H2,1H3. The number of benzene rings is 1. The molecule has 0 N–H and O–H groups in total. The molecule has 0 aliphatic carbocycles. The fourth-order valence-electron chi connectivity index (χ4n) is 1.37. The van der Waals surface area contributed by atoms with Gasteiger partial charge in [0.05, 0.1) is 18.2 Å². The van der Waals surface area contributed by atoms with Gasteiger partial charge in [-0.25, -0.2) is 4.79 Å². The first-order valence-corrected chi connectivity index (χ1v) is 6.15. The van der Waals surface area contributed by atoms with Crippen molar-refractivity contribution < 1.29 is 22.7 Å². The highest BCUT2D eigenvalue weighted by Crippen LogP contribution is 2.41. The van der Waals surface area contributed by atoms with Gasteiger partial charge in [-0.2, -0.15) is 18.4 Å². The van der Waals surface area contributed by atoms with E-state index in [1.54, 1.807) is 6.07 Å². The largest absolute Gasteiger partial charge is 0.465 e. The van der Waals surface area contributed by atoms with Gasteiger partial charge in [0, 0.05) is 10.8 Å². The topological polar surface area (TPSA) is 50.1 Å². The average Bonchev–Trinajstić information content (AvgIpc) is 2.35. The summed E-state index contributed by atoms with van der Waals surface area (Å²) in [5.41, 5.74) is -5.02. The summed E-state index contributed by atoms with van der Waals surface area (Å²) in [5, 5.41) is 8.84. The Bertz CT molecular complexity index is 540. The van der Waals surface area contributed by atoms with Crippen molar-refractivity contribution in [2.24, 2.45) is 0 Å². The first-order chi connectivity index (χ1) is 8.84. The highest BCUT2D eigenvalue weighted by molar-refractivity contribution is 8.00. The molecule has 0 saturated carbocycles. The Labute approximate surface area is 116 Å². The van der Waals surface area contributed by atoms with Crippen LogP contribution in [0.25, 0.3) is 0 Å². The summed E-state index contributed by atoms with van der Waals surface area (Å²) in [6.07, 6.45) is 0. The minimum atomic E-state index is -4.63. The van der Waals surface area contributed by atoms with Gasteiger partial charge in [-0.3, -0.25) is 0 Å². The monoisotopic (exact) mass is 309 g/mol. The number of methoxy groups -OCH3 is 1. The molecule has 1 aromatic rings. The zero-order chi connectivity index (χ0) is 14.6. The molecule has 0 spiro atoms. The molecule has 19 heavy (non-hydrogen) atoms. The van der Waals surface area contributed by atoms with E-state index in [-0.39, 0.29) is 22.6 Å². The number of carbonyl (C=O) groups excluding carboxylic acids is 1. The van der Waals surface area contributed by atoms with Crippen molar-refractivity contribution in [1.29, 1.82) is 5.26 Å². The molecule has 0 fully saturated rings. The maximum absolute atomic E-state index is 12.5. The average molecular weight is 310 g/mol. The molecule has 102 valence electrons. The molecule has 0 unspecified atom stereocenters. The van der Waals surface area contributed by atoms with E-state index in [9.17, 15) is 18.0 Å². The minimum Gasteiger partial charge on any atom is -0.465 e. The molecule has 0 aliphatic rings. The van der Waals surface area contributed by atoms with E-state index in [1.165, 1.54) is 12.1 Å². The third kappa shape index (κ3) is 3.78. The Hall–Kier alpha value is -1.39. The van der Waals surface area contributed by atoms with Crippen LogP contribution in [0.1, 0.15) is 21.5 Å². The first-order valence-electron chi connectivity index (χ1n) is 4.80. The summed E-state index contributed by atoms with van der Waals surface area (Å²) >= 11 is 5.06. The van der Waals surface area contributed by atoms with Crippen molar-refractivity contribution in [3.63, 3.8) is 0 Å². The molecule has 0 bridgehead atoms.